The maximum absolute atomic E-state index is 5.86. The number of hydrogen-bond acceptors (Lipinski definition) is 6. The van der Waals surface area contributed by atoms with E-state index in [1.165, 1.54) is 17.7 Å². The predicted octanol–water partition coefficient (Wildman–Crippen LogP) is 1.40. The molecule has 2 rings (SSSR count). The second-order valence-electron chi connectivity index (χ2n) is 3.09. The quantitative estimate of drug-likeness (QED) is 0.847. The summed E-state index contributed by atoms with van der Waals surface area (Å²) in [6.07, 6.45) is 5.78. The van der Waals surface area contributed by atoms with Crippen LogP contribution < -0.4 is 5.73 Å². The van der Waals surface area contributed by atoms with Crippen LogP contribution in [0.3, 0.4) is 0 Å². The molecule has 0 bridgehead atoms. The molecule has 2 heterocycles. The van der Waals surface area contributed by atoms with E-state index < -0.39 is 0 Å². The first-order chi connectivity index (χ1) is 7.31. The van der Waals surface area contributed by atoms with Crippen molar-refractivity contribution in [2.45, 2.75) is 19.4 Å². The summed E-state index contributed by atoms with van der Waals surface area (Å²) in [6.45, 7) is 2.03. The van der Waals surface area contributed by atoms with E-state index in [0.29, 0.717) is 0 Å². The normalized spacial score (nSPS) is 12.7. The predicted molar refractivity (Wildman–Crippen MR) is 58.2 cm³/mol. The fraction of sp³-hybridized carbons (Fsp3) is 0.333. The van der Waals surface area contributed by atoms with Gasteiger partial charge in [0.2, 0.25) is 0 Å². The van der Waals surface area contributed by atoms with Crippen molar-refractivity contribution in [3.8, 4) is 10.6 Å². The monoisotopic (exact) mass is 221 g/mol. The lowest BCUT2D eigenvalue weighted by Gasteiger charge is -2.00. The van der Waals surface area contributed by atoms with Gasteiger partial charge in [-0.05, 0) is 6.42 Å². The summed E-state index contributed by atoms with van der Waals surface area (Å²) in [6, 6.07) is -0.0270. The Morgan fingerprint density at radius 3 is 2.73 bits per heavy atom. The minimum absolute atomic E-state index is 0.0270. The van der Waals surface area contributed by atoms with Gasteiger partial charge in [0.15, 0.2) is 5.01 Å². The molecule has 0 aliphatic heterocycles. The van der Waals surface area contributed by atoms with E-state index in [1.807, 2.05) is 6.92 Å². The van der Waals surface area contributed by atoms with Gasteiger partial charge in [0, 0.05) is 18.0 Å². The molecular formula is C9H11N5S. The van der Waals surface area contributed by atoms with Gasteiger partial charge in [-0.3, -0.25) is 0 Å². The van der Waals surface area contributed by atoms with Crippen molar-refractivity contribution in [2.24, 2.45) is 5.73 Å². The molecule has 2 N–H and O–H groups in total. The molecule has 2 aromatic rings. The summed E-state index contributed by atoms with van der Waals surface area (Å²) >= 11 is 1.49. The van der Waals surface area contributed by atoms with E-state index in [-0.39, 0.29) is 6.04 Å². The zero-order chi connectivity index (χ0) is 10.7. The van der Waals surface area contributed by atoms with Gasteiger partial charge in [0.05, 0.1) is 6.04 Å². The van der Waals surface area contributed by atoms with E-state index in [0.717, 1.165) is 22.0 Å². The van der Waals surface area contributed by atoms with Crippen molar-refractivity contribution in [1.82, 2.24) is 20.2 Å². The van der Waals surface area contributed by atoms with Crippen LogP contribution in [0, 0.1) is 0 Å². The third kappa shape index (κ3) is 2.16. The maximum atomic E-state index is 5.86. The van der Waals surface area contributed by atoms with Crippen LogP contribution in [-0.4, -0.2) is 20.2 Å². The lowest BCUT2D eigenvalue weighted by molar-refractivity contribution is 0.683. The lowest BCUT2D eigenvalue weighted by atomic mass is 10.3. The van der Waals surface area contributed by atoms with Crippen LogP contribution in [0.25, 0.3) is 10.6 Å². The summed E-state index contributed by atoms with van der Waals surface area (Å²) in [5.41, 5.74) is 6.74. The SMILES string of the molecule is CCC(N)c1nnc(-c2cncnc2)s1. The maximum Gasteiger partial charge on any atom is 0.150 e. The van der Waals surface area contributed by atoms with Crippen molar-refractivity contribution < 1.29 is 0 Å². The fourth-order valence-corrected chi connectivity index (χ4v) is 1.99. The van der Waals surface area contributed by atoms with E-state index in [2.05, 4.69) is 20.2 Å². The van der Waals surface area contributed by atoms with Crippen LogP contribution in [0.1, 0.15) is 24.4 Å². The van der Waals surface area contributed by atoms with Gasteiger partial charge < -0.3 is 5.73 Å². The standard InChI is InChI=1S/C9H11N5S/c1-2-7(10)9-14-13-8(15-9)6-3-11-5-12-4-6/h3-5,7H,2,10H2,1H3. The second kappa shape index (κ2) is 4.41. The van der Waals surface area contributed by atoms with Gasteiger partial charge in [-0.25, -0.2) is 9.97 Å². The highest BCUT2D eigenvalue weighted by Gasteiger charge is 2.11. The molecular weight excluding hydrogens is 210 g/mol. The minimum Gasteiger partial charge on any atom is -0.322 e. The summed E-state index contributed by atoms with van der Waals surface area (Å²) < 4.78 is 0. The molecule has 0 aromatic carbocycles. The Balaban J connectivity index is 2.28. The Kier molecular flexibility index (Phi) is 2.98. The molecule has 1 atom stereocenters. The molecule has 0 aliphatic rings. The average Bonchev–Trinajstić information content (AvgIpc) is 2.78. The van der Waals surface area contributed by atoms with Gasteiger partial charge in [-0.2, -0.15) is 0 Å². The Labute approximate surface area is 91.4 Å². The first-order valence-electron chi connectivity index (χ1n) is 4.65. The van der Waals surface area contributed by atoms with Gasteiger partial charge in [-0.1, -0.05) is 18.3 Å². The van der Waals surface area contributed by atoms with E-state index in [1.54, 1.807) is 12.4 Å². The molecule has 6 heteroatoms. The zero-order valence-electron chi connectivity index (χ0n) is 8.29. The number of hydrogen-bond donors (Lipinski definition) is 1. The zero-order valence-corrected chi connectivity index (χ0v) is 9.11. The summed E-state index contributed by atoms with van der Waals surface area (Å²) in [5, 5.41) is 9.79. The molecule has 0 fully saturated rings. The van der Waals surface area contributed by atoms with E-state index >= 15 is 0 Å². The van der Waals surface area contributed by atoms with Crippen LogP contribution in [0.5, 0.6) is 0 Å². The average molecular weight is 221 g/mol. The van der Waals surface area contributed by atoms with Gasteiger partial charge in [0.1, 0.15) is 11.3 Å². The van der Waals surface area contributed by atoms with E-state index in [9.17, 15) is 0 Å². The number of nitrogens with zero attached hydrogens (tertiary/aromatic N) is 4. The van der Waals surface area contributed by atoms with Crippen LogP contribution in [0.4, 0.5) is 0 Å². The molecule has 5 nitrogen and oxygen atoms in total. The highest BCUT2D eigenvalue weighted by Crippen LogP contribution is 2.25. The summed E-state index contributed by atoms with van der Waals surface area (Å²) in [5.74, 6) is 0. The molecule has 0 amide bonds. The van der Waals surface area contributed by atoms with Crippen LogP contribution in [-0.2, 0) is 0 Å². The Morgan fingerprint density at radius 1 is 1.33 bits per heavy atom. The summed E-state index contributed by atoms with van der Waals surface area (Å²) in [7, 11) is 0. The van der Waals surface area contributed by atoms with E-state index in [4.69, 9.17) is 5.73 Å². The molecule has 0 radical (unpaired) electrons. The van der Waals surface area contributed by atoms with Crippen molar-refractivity contribution in [3.63, 3.8) is 0 Å². The largest absolute Gasteiger partial charge is 0.322 e. The third-order valence-electron chi connectivity index (χ3n) is 2.01. The number of nitrogens with two attached hydrogens (primary N) is 1. The molecule has 1 unspecified atom stereocenters. The van der Waals surface area contributed by atoms with Crippen LogP contribution in [0.15, 0.2) is 18.7 Å². The Morgan fingerprint density at radius 2 is 2.07 bits per heavy atom. The van der Waals surface area contributed by atoms with Gasteiger partial charge >= 0.3 is 0 Å². The van der Waals surface area contributed by atoms with Gasteiger partial charge in [-0.15, -0.1) is 10.2 Å². The van der Waals surface area contributed by atoms with Gasteiger partial charge in [0.25, 0.3) is 0 Å². The topological polar surface area (TPSA) is 77.6 Å². The smallest absolute Gasteiger partial charge is 0.150 e. The highest BCUT2D eigenvalue weighted by molar-refractivity contribution is 7.14. The Hall–Kier alpha value is -1.40. The summed E-state index contributed by atoms with van der Waals surface area (Å²) in [4.78, 5) is 7.86. The second-order valence-corrected chi connectivity index (χ2v) is 4.10. The number of aromatic nitrogens is 4. The molecule has 0 aliphatic carbocycles. The first-order valence-corrected chi connectivity index (χ1v) is 5.47. The molecule has 0 saturated carbocycles. The molecule has 2 aromatic heterocycles. The molecule has 0 saturated heterocycles. The third-order valence-corrected chi connectivity index (χ3v) is 3.11. The Bertz CT molecular complexity index is 427. The lowest BCUT2D eigenvalue weighted by Crippen LogP contribution is -2.07. The molecule has 15 heavy (non-hydrogen) atoms. The van der Waals surface area contributed by atoms with Crippen molar-refractivity contribution >= 4 is 11.3 Å². The molecule has 78 valence electrons. The van der Waals surface area contributed by atoms with Crippen molar-refractivity contribution in [2.75, 3.05) is 0 Å². The minimum atomic E-state index is -0.0270. The first kappa shape index (κ1) is 10.1. The van der Waals surface area contributed by atoms with Crippen LogP contribution in [0.2, 0.25) is 0 Å². The van der Waals surface area contributed by atoms with Crippen molar-refractivity contribution in [3.05, 3.63) is 23.7 Å². The van der Waals surface area contributed by atoms with Crippen LogP contribution >= 0.6 is 11.3 Å². The highest BCUT2D eigenvalue weighted by atomic mass is 32.1. The van der Waals surface area contributed by atoms with Crippen molar-refractivity contribution in [1.29, 1.82) is 0 Å². The number of rotatable bonds is 3. The molecule has 0 spiro atoms. The fourth-order valence-electron chi connectivity index (χ4n) is 1.09.